The van der Waals surface area contributed by atoms with Crippen molar-refractivity contribution in [2.45, 2.75) is 38.5 Å². The number of aryl methyl sites for hydroxylation is 1. The molecule has 26 heavy (non-hydrogen) atoms. The maximum Gasteiger partial charge on any atom is 0.155 e. The van der Waals surface area contributed by atoms with E-state index in [1.54, 1.807) is 18.0 Å². The monoisotopic (exact) mass is 351 g/mol. The summed E-state index contributed by atoms with van der Waals surface area (Å²) in [5.74, 6) is 4.23. The lowest BCUT2D eigenvalue weighted by Crippen LogP contribution is -2.36. The molecule has 0 N–H and O–H groups in total. The van der Waals surface area contributed by atoms with E-state index in [0.29, 0.717) is 0 Å². The predicted molar refractivity (Wildman–Crippen MR) is 103 cm³/mol. The van der Waals surface area contributed by atoms with Crippen molar-refractivity contribution in [2.24, 2.45) is 11.8 Å². The topological polar surface area (TPSA) is 38.2 Å². The molecule has 138 valence electrons. The summed E-state index contributed by atoms with van der Waals surface area (Å²) in [4.78, 5) is 10.9. The fraction of sp³-hybridized carbons (Fsp3) is 0.545. The molecular weight excluding hydrogens is 322 g/mol. The number of nitrogens with zero attached hydrogens (tertiary/aromatic N) is 3. The van der Waals surface area contributed by atoms with Gasteiger partial charge in [0.2, 0.25) is 0 Å². The minimum atomic E-state index is 0.718. The minimum Gasteiger partial charge on any atom is -0.489 e. The number of hydrogen-bond acceptors (Lipinski definition) is 4. The van der Waals surface area contributed by atoms with Crippen LogP contribution in [0.5, 0.6) is 5.75 Å². The standard InChI is InChI=1S/C22H29N3O/c1-17-23-15-21(16-24-17)26-12-11-25-9-7-18(8-10-25)13-20-14-22(20)19-5-3-2-4-6-19/h2-6,15-16,18,20,22H,7-14H2,1H3/t20-,22+/m1/s1. The third-order valence-electron chi connectivity index (χ3n) is 5.93. The number of aromatic nitrogens is 2. The molecule has 0 spiro atoms. The lowest BCUT2D eigenvalue weighted by Gasteiger charge is -2.32. The Bertz CT molecular complexity index is 680. The largest absolute Gasteiger partial charge is 0.489 e. The average molecular weight is 351 g/mol. The smallest absolute Gasteiger partial charge is 0.155 e. The molecule has 0 bridgehead atoms. The minimum absolute atomic E-state index is 0.718. The van der Waals surface area contributed by atoms with Crippen molar-refractivity contribution < 1.29 is 4.74 Å². The fourth-order valence-corrected chi connectivity index (χ4v) is 4.24. The summed E-state index contributed by atoms with van der Waals surface area (Å²) in [7, 11) is 0. The van der Waals surface area contributed by atoms with Crippen LogP contribution in [0.25, 0.3) is 0 Å². The zero-order valence-electron chi connectivity index (χ0n) is 15.7. The van der Waals surface area contributed by atoms with Crippen LogP contribution >= 0.6 is 0 Å². The van der Waals surface area contributed by atoms with E-state index in [1.165, 1.54) is 38.8 Å². The molecule has 2 atom stereocenters. The van der Waals surface area contributed by atoms with E-state index in [-0.39, 0.29) is 0 Å². The highest BCUT2D eigenvalue weighted by atomic mass is 16.5. The van der Waals surface area contributed by atoms with Crippen molar-refractivity contribution in [2.75, 3.05) is 26.2 Å². The van der Waals surface area contributed by atoms with Crippen molar-refractivity contribution in [3.05, 3.63) is 54.1 Å². The highest BCUT2D eigenvalue weighted by Gasteiger charge is 2.39. The Morgan fingerprint density at radius 3 is 2.54 bits per heavy atom. The highest BCUT2D eigenvalue weighted by molar-refractivity contribution is 5.25. The van der Waals surface area contributed by atoms with Gasteiger partial charge in [0.15, 0.2) is 5.75 Å². The maximum atomic E-state index is 5.76. The molecule has 1 aliphatic heterocycles. The highest BCUT2D eigenvalue weighted by Crippen LogP contribution is 2.51. The number of hydrogen-bond donors (Lipinski definition) is 0. The average Bonchev–Trinajstić information content (AvgIpc) is 3.45. The first-order valence-electron chi connectivity index (χ1n) is 9.96. The van der Waals surface area contributed by atoms with Gasteiger partial charge in [0.25, 0.3) is 0 Å². The third-order valence-corrected chi connectivity index (χ3v) is 5.93. The van der Waals surface area contributed by atoms with Crippen LogP contribution in [0.15, 0.2) is 42.7 Å². The second-order valence-corrected chi connectivity index (χ2v) is 7.85. The van der Waals surface area contributed by atoms with Crippen LogP contribution < -0.4 is 4.74 Å². The van der Waals surface area contributed by atoms with Crippen molar-refractivity contribution in [1.82, 2.24) is 14.9 Å². The Morgan fingerprint density at radius 2 is 1.81 bits per heavy atom. The van der Waals surface area contributed by atoms with E-state index in [1.807, 2.05) is 6.92 Å². The van der Waals surface area contributed by atoms with Crippen LogP contribution in [-0.4, -0.2) is 41.1 Å². The van der Waals surface area contributed by atoms with Gasteiger partial charge in [-0.3, -0.25) is 4.90 Å². The molecule has 4 nitrogen and oxygen atoms in total. The van der Waals surface area contributed by atoms with E-state index in [9.17, 15) is 0 Å². The number of piperidine rings is 1. The number of benzene rings is 1. The Morgan fingerprint density at radius 1 is 1.08 bits per heavy atom. The summed E-state index contributed by atoms with van der Waals surface area (Å²) < 4.78 is 5.76. The summed E-state index contributed by atoms with van der Waals surface area (Å²) >= 11 is 0. The quantitative estimate of drug-likeness (QED) is 0.754. The molecular formula is C22H29N3O. The Balaban J connectivity index is 1.13. The third kappa shape index (κ3) is 4.61. The summed E-state index contributed by atoms with van der Waals surface area (Å²) in [5, 5.41) is 0. The second kappa shape index (κ2) is 8.17. The Hall–Kier alpha value is -1.94. The zero-order valence-corrected chi connectivity index (χ0v) is 15.7. The summed E-state index contributed by atoms with van der Waals surface area (Å²) in [5.41, 5.74) is 1.55. The van der Waals surface area contributed by atoms with Gasteiger partial charge in [0, 0.05) is 6.54 Å². The fourth-order valence-electron chi connectivity index (χ4n) is 4.24. The molecule has 1 aromatic heterocycles. The molecule has 2 aromatic rings. The van der Waals surface area contributed by atoms with Crippen molar-refractivity contribution in [3.8, 4) is 5.75 Å². The van der Waals surface area contributed by atoms with Gasteiger partial charge in [-0.1, -0.05) is 30.3 Å². The van der Waals surface area contributed by atoms with Gasteiger partial charge in [-0.25, -0.2) is 9.97 Å². The normalized spacial score (nSPS) is 23.7. The van der Waals surface area contributed by atoms with E-state index in [0.717, 1.165) is 42.5 Å². The molecule has 2 aliphatic rings. The SMILES string of the molecule is Cc1ncc(OCCN2CCC(C[C@@H]3C[C@H]3c3ccccc3)CC2)cn1. The molecule has 4 rings (SSSR count). The summed E-state index contributed by atoms with van der Waals surface area (Å²) in [6, 6.07) is 11.1. The van der Waals surface area contributed by atoms with Gasteiger partial charge in [-0.2, -0.15) is 0 Å². The molecule has 2 fully saturated rings. The van der Waals surface area contributed by atoms with Crippen LogP contribution in [0.4, 0.5) is 0 Å². The van der Waals surface area contributed by atoms with Gasteiger partial charge >= 0.3 is 0 Å². The van der Waals surface area contributed by atoms with Crippen LogP contribution in [0.1, 0.15) is 43.0 Å². The Kier molecular flexibility index (Phi) is 5.49. The van der Waals surface area contributed by atoms with Crippen LogP contribution in [0, 0.1) is 18.8 Å². The van der Waals surface area contributed by atoms with Crippen LogP contribution in [0.2, 0.25) is 0 Å². The molecule has 1 saturated heterocycles. The first kappa shape index (κ1) is 17.5. The molecule has 0 unspecified atom stereocenters. The number of rotatable bonds is 7. The van der Waals surface area contributed by atoms with E-state index in [4.69, 9.17) is 4.74 Å². The van der Waals surface area contributed by atoms with Gasteiger partial charge in [0.05, 0.1) is 12.4 Å². The van der Waals surface area contributed by atoms with E-state index >= 15 is 0 Å². The van der Waals surface area contributed by atoms with Crippen LogP contribution in [-0.2, 0) is 0 Å². The van der Waals surface area contributed by atoms with Crippen molar-refractivity contribution in [3.63, 3.8) is 0 Å². The lowest BCUT2D eigenvalue weighted by atomic mass is 9.90. The van der Waals surface area contributed by atoms with Gasteiger partial charge in [0.1, 0.15) is 12.4 Å². The molecule has 2 heterocycles. The predicted octanol–water partition coefficient (Wildman–Crippen LogP) is 4.07. The molecule has 1 aliphatic carbocycles. The van der Waals surface area contributed by atoms with E-state index in [2.05, 4.69) is 45.2 Å². The van der Waals surface area contributed by atoms with Crippen molar-refractivity contribution >= 4 is 0 Å². The molecule has 0 amide bonds. The number of likely N-dealkylation sites (tertiary alicyclic amines) is 1. The van der Waals surface area contributed by atoms with E-state index < -0.39 is 0 Å². The Labute approximate surface area is 156 Å². The van der Waals surface area contributed by atoms with Gasteiger partial charge < -0.3 is 4.74 Å². The zero-order chi connectivity index (χ0) is 17.8. The molecule has 1 aromatic carbocycles. The van der Waals surface area contributed by atoms with Gasteiger partial charge in [-0.05, 0) is 69.0 Å². The first-order valence-corrected chi connectivity index (χ1v) is 9.96. The summed E-state index contributed by atoms with van der Waals surface area (Å²) in [6.07, 6.45) is 9.01. The first-order chi connectivity index (χ1) is 12.8. The lowest BCUT2D eigenvalue weighted by molar-refractivity contribution is 0.148. The second-order valence-electron chi connectivity index (χ2n) is 7.85. The maximum absolute atomic E-state index is 5.76. The molecule has 0 radical (unpaired) electrons. The number of ether oxygens (including phenoxy) is 1. The molecule has 4 heteroatoms. The van der Waals surface area contributed by atoms with Gasteiger partial charge in [-0.15, -0.1) is 0 Å². The molecule has 1 saturated carbocycles. The summed E-state index contributed by atoms with van der Waals surface area (Å²) in [6.45, 7) is 6.02. The van der Waals surface area contributed by atoms with Crippen LogP contribution in [0.3, 0.4) is 0 Å². The van der Waals surface area contributed by atoms with Crippen molar-refractivity contribution in [1.29, 1.82) is 0 Å².